The van der Waals surface area contributed by atoms with Crippen molar-refractivity contribution >= 4 is 15.9 Å². The summed E-state index contributed by atoms with van der Waals surface area (Å²) >= 11 is 0. The van der Waals surface area contributed by atoms with Crippen molar-refractivity contribution in [3.05, 3.63) is 90.0 Å². The Kier molecular flexibility index (Phi) is 6.46. The van der Waals surface area contributed by atoms with E-state index < -0.39 is 10.0 Å². The van der Waals surface area contributed by atoms with Gasteiger partial charge in [-0.25, -0.2) is 13.1 Å². The van der Waals surface area contributed by atoms with Crippen LogP contribution in [0.25, 0.3) is 11.1 Å². The molecule has 5 nitrogen and oxygen atoms in total. The molecular weight excluding hydrogens is 384 g/mol. The van der Waals surface area contributed by atoms with Crippen molar-refractivity contribution in [2.45, 2.75) is 31.3 Å². The number of carbonyl (C=O) groups is 1. The Hall–Kier alpha value is -2.96. The normalized spacial score (nSPS) is 11.4. The van der Waals surface area contributed by atoms with Crippen molar-refractivity contribution < 1.29 is 13.2 Å². The van der Waals surface area contributed by atoms with Gasteiger partial charge >= 0.3 is 0 Å². The molecule has 0 heterocycles. The lowest BCUT2D eigenvalue weighted by molar-refractivity contribution is 0.0951. The van der Waals surface area contributed by atoms with E-state index in [1.165, 1.54) is 0 Å². The number of sulfonamides is 1. The largest absolute Gasteiger partial charge is 0.348 e. The number of benzene rings is 3. The Labute approximate surface area is 171 Å². The third-order valence-electron chi connectivity index (χ3n) is 4.31. The highest BCUT2D eigenvalue weighted by Crippen LogP contribution is 2.23. The van der Waals surface area contributed by atoms with Crippen LogP contribution in [-0.2, 0) is 16.6 Å². The topological polar surface area (TPSA) is 75.3 Å². The molecule has 3 aromatic rings. The highest BCUT2D eigenvalue weighted by Gasteiger charge is 2.16. The summed E-state index contributed by atoms with van der Waals surface area (Å²) in [5.41, 5.74) is 3.10. The molecule has 0 unspecified atom stereocenters. The van der Waals surface area contributed by atoms with E-state index in [-0.39, 0.29) is 23.4 Å². The van der Waals surface area contributed by atoms with Gasteiger partial charge in [0, 0.05) is 18.2 Å². The molecule has 0 aromatic heterocycles. The second-order valence-corrected chi connectivity index (χ2v) is 8.73. The minimum absolute atomic E-state index is 0.183. The lowest BCUT2D eigenvalue weighted by Crippen LogP contribution is -2.30. The third kappa shape index (κ3) is 5.31. The quantitative estimate of drug-likeness (QED) is 0.621. The van der Waals surface area contributed by atoms with Crippen LogP contribution in [0, 0.1) is 0 Å². The molecule has 6 heteroatoms. The molecule has 2 N–H and O–H groups in total. The highest BCUT2D eigenvalue weighted by atomic mass is 32.2. The summed E-state index contributed by atoms with van der Waals surface area (Å²) in [6, 6.07) is 23.5. The zero-order valence-electron chi connectivity index (χ0n) is 16.4. The van der Waals surface area contributed by atoms with Gasteiger partial charge in [-0.2, -0.15) is 0 Å². The number of hydrogen-bond donors (Lipinski definition) is 2. The van der Waals surface area contributed by atoms with E-state index in [0.717, 1.165) is 11.1 Å². The van der Waals surface area contributed by atoms with Gasteiger partial charge in [0.15, 0.2) is 0 Å². The highest BCUT2D eigenvalue weighted by molar-refractivity contribution is 7.89. The maximum absolute atomic E-state index is 12.8. The molecule has 0 aliphatic heterocycles. The predicted molar refractivity (Wildman–Crippen MR) is 115 cm³/mol. The minimum Gasteiger partial charge on any atom is -0.348 e. The second kappa shape index (κ2) is 9.03. The smallest absolute Gasteiger partial charge is 0.252 e. The van der Waals surface area contributed by atoms with Crippen LogP contribution in [0.1, 0.15) is 29.8 Å². The molecule has 0 saturated carbocycles. The van der Waals surface area contributed by atoms with Crippen LogP contribution < -0.4 is 10.0 Å². The summed E-state index contributed by atoms with van der Waals surface area (Å²) < 4.78 is 27.3. The van der Waals surface area contributed by atoms with Crippen molar-refractivity contribution in [2.24, 2.45) is 0 Å². The van der Waals surface area contributed by atoms with Gasteiger partial charge in [-0.1, -0.05) is 60.7 Å². The van der Waals surface area contributed by atoms with E-state index in [4.69, 9.17) is 0 Å². The van der Waals surface area contributed by atoms with Gasteiger partial charge < -0.3 is 5.32 Å². The van der Waals surface area contributed by atoms with Crippen LogP contribution in [0.4, 0.5) is 0 Å². The molecule has 0 bridgehead atoms. The summed E-state index contributed by atoms with van der Waals surface area (Å²) in [4.78, 5) is 13.0. The first kappa shape index (κ1) is 20.8. The summed E-state index contributed by atoms with van der Waals surface area (Å²) in [7, 11) is -3.58. The molecule has 0 fully saturated rings. The van der Waals surface area contributed by atoms with Gasteiger partial charge in [0.1, 0.15) is 0 Å². The van der Waals surface area contributed by atoms with Crippen LogP contribution >= 0.6 is 0 Å². The molecule has 1 amide bonds. The Bertz CT molecular complexity index is 1090. The minimum atomic E-state index is -3.58. The molecule has 0 saturated heterocycles. The van der Waals surface area contributed by atoms with Crippen molar-refractivity contribution in [1.82, 2.24) is 10.0 Å². The Morgan fingerprint density at radius 2 is 1.59 bits per heavy atom. The summed E-state index contributed by atoms with van der Waals surface area (Å²) in [5.74, 6) is -0.210. The zero-order chi connectivity index (χ0) is 20.9. The first-order chi connectivity index (χ1) is 13.9. The molecule has 0 aliphatic carbocycles. The SMILES string of the molecule is CC(C)NS(=O)(=O)c1cccc(CNC(=O)c2ccccc2-c2ccccc2)c1. The average molecular weight is 409 g/mol. The maximum atomic E-state index is 12.8. The van der Waals surface area contributed by atoms with Gasteiger partial charge in [0.2, 0.25) is 10.0 Å². The number of hydrogen-bond acceptors (Lipinski definition) is 3. The van der Waals surface area contributed by atoms with E-state index in [2.05, 4.69) is 10.0 Å². The fourth-order valence-electron chi connectivity index (χ4n) is 3.03. The molecule has 0 aliphatic rings. The Morgan fingerprint density at radius 1 is 0.897 bits per heavy atom. The Balaban J connectivity index is 1.77. The maximum Gasteiger partial charge on any atom is 0.252 e. The van der Waals surface area contributed by atoms with Gasteiger partial charge in [0.05, 0.1) is 4.90 Å². The van der Waals surface area contributed by atoms with Crippen LogP contribution in [-0.4, -0.2) is 20.4 Å². The van der Waals surface area contributed by atoms with Gasteiger partial charge in [-0.05, 0) is 48.7 Å². The summed E-state index contributed by atoms with van der Waals surface area (Å²) in [5, 5.41) is 2.89. The molecule has 29 heavy (non-hydrogen) atoms. The van der Waals surface area contributed by atoms with Gasteiger partial charge in [-0.3, -0.25) is 4.79 Å². The Morgan fingerprint density at radius 3 is 2.31 bits per heavy atom. The lowest BCUT2D eigenvalue weighted by Gasteiger charge is -2.12. The van der Waals surface area contributed by atoms with E-state index in [0.29, 0.717) is 11.1 Å². The fourth-order valence-corrected chi connectivity index (χ4v) is 4.35. The van der Waals surface area contributed by atoms with Crippen LogP contribution in [0.15, 0.2) is 83.8 Å². The standard InChI is InChI=1S/C23H24N2O3S/c1-17(2)25-29(27,28)20-12-8-9-18(15-20)16-24-23(26)22-14-7-6-13-21(22)19-10-4-3-5-11-19/h3-15,17,25H,16H2,1-2H3,(H,24,26). The molecule has 3 aromatic carbocycles. The fraction of sp³-hybridized carbons (Fsp3) is 0.174. The van der Waals surface area contributed by atoms with Crippen molar-refractivity contribution in [3.8, 4) is 11.1 Å². The molecule has 0 radical (unpaired) electrons. The number of amides is 1. The van der Waals surface area contributed by atoms with Crippen molar-refractivity contribution in [1.29, 1.82) is 0 Å². The van der Waals surface area contributed by atoms with Crippen LogP contribution in [0.2, 0.25) is 0 Å². The average Bonchev–Trinajstić information content (AvgIpc) is 2.72. The molecule has 3 rings (SSSR count). The van der Waals surface area contributed by atoms with Crippen molar-refractivity contribution in [2.75, 3.05) is 0 Å². The predicted octanol–water partition coefficient (Wildman–Crippen LogP) is 3.97. The van der Waals surface area contributed by atoms with Crippen molar-refractivity contribution in [3.63, 3.8) is 0 Å². The first-order valence-electron chi connectivity index (χ1n) is 9.41. The number of carbonyl (C=O) groups excluding carboxylic acids is 1. The van der Waals surface area contributed by atoms with Crippen LogP contribution in [0.5, 0.6) is 0 Å². The molecule has 150 valence electrons. The van der Waals surface area contributed by atoms with E-state index in [1.807, 2.05) is 48.5 Å². The third-order valence-corrected chi connectivity index (χ3v) is 5.97. The van der Waals surface area contributed by atoms with E-state index >= 15 is 0 Å². The lowest BCUT2D eigenvalue weighted by atomic mass is 9.99. The second-order valence-electron chi connectivity index (χ2n) is 7.02. The van der Waals surface area contributed by atoms with Gasteiger partial charge in [0.25, 0.3) is 5.91 Å². The summed E-state index contributed by atoms with van der Waals surface area (Å²) in [6.07, 6.45) is 0. The number of nitrogens with one attached hydrogen (secondary N) is 2. The molecule has 0 atom stereocenters. The summed E-state index contributed by atoms with van der Waals surface area (Å²) in [6.45, 7) is 3.77. The van der Waals surface area contributed by atoms with E-state index in [9.17, 15) is 13.2 Å². The monoisotopic (exact) mass is 408 g/mol. The number of rotatable bonds is 7. The first-order valence-corrected chi connectivity index (χ1v) is 10.9. The molecular formula is C23H24N2O3S. The van der Waals surface area contributed by atoms with Crippen LogP contribution in [0.3, 0.4) is 0 Å². The molecule has 0 spiro atoms. The zero-order valence-corrected chi connectivity index (χ0v) is 17.2. The van der Waals surface area contributed by atoms with E-state index in [1.54, 1.807) is 44.2 Å². The van der Waals surface area contributed by atoms with Gasteiger partial charge in [-0.15, -0.1) is 0 Å².